The molecule has 0 saturated carbocycles. The lowest BCUT2D eigenvalue weighted by molar-refractivity contribution is -0.120. The van der Waals surface area contributed by atoms with Crippen molar-refractivity contribution in [1.29, 1.82) is 0 Å². The summed E-state index contributed by atoms with van der Waals surface area (Å²) in [4.78, 5) is 39.2. The zero-order valence-corrected chi connectivity index (χ0v) is 19.3. The fourth-order valence-electron chi connectivity index (χ4n) is 3.36. The topological polar surface area (TPSA) is 84.9 Å². The molecule has 0 aliphatic carbocycles. The summed E-state index contributed by atoms with van der Waals surface area (Å²) in [6.07, 6.45) is 0. The minimum Gasteiger partial charge on any atom is -0.492 e. The molecule has 3 aromatic rings. The van der Waals surface area contributed by atoms with Crippen LogP contribution in [0.5, 0.6) is 11.5 Å². The lowest BCUT2D eigenvalue weighted by atomic mass is 10.2. The van der Waals surface area contributed by atoms with Crippen LogP contribution in [0.3, 0.4) is 0 Å². The number of nitrogens with zero attached hydrogens (tertiary/aromatic N) is 1. The maximum atomic E-state index is 13.1. The van der Waals surface area contributed by atoms with E-state index in [-0.39, 0.29) is 10.7 Å². The lowest BCUT2D eigenvalue weighted by Crippen LogP contribution is -2.32. The average Bonchev–Trinajstić information content (AvgIpc) is 3.04. The van der Waals surface area contributed by atoms with Gasteiger partial charge < -0.3 is 14.8 Å². The number of anilines is 2. The van der Waals surface area contributed by atoms with Crippen LogP contribution in [0.15, 0.2) is 83.5 Å². The van der Waals surface area contributed by atoms with E-state index in [1.54, 1.807) is 60.7 Å². The fourth-order valence-corrected chi connectivity index (χ4v) is 3.57. The molecule has 0 saturated heterocycles. The van der Waals surface area contributed by atoms with E-state index in [0.717, 1.165) is 10.5 Å². The van der Waals surface area contributed by atoms with E-state index >= 15 is 0 Å². The van der Waals surface area contributed by atoms with Crippen molar-refractivity contribution in [2.75, 3.05) is 16.8 Å². The molecule has 0 unspecified atom stereocenters. The van der Waals surface area contributed by atoms with Crippen LogP contribution >= 0.6 is 11.6 Å². The van der Waals surface area contributed by atoms with Crippen LogP contribution in [0, 0.1) is 6.92 Å². The van der Waals surface area contributed by atoms with Crippen molar-refractivity contribution >= 4 is 40.8 Å². The van der Waals surface area contributed by atoms with Gasteiger partial charge >= 0.3 is 5.97 Å². The third-order valence-corrected chi connectivity index (χ3v) is 5.41. The molecule has 0 radical (unpaired) electrons. The first-order valence-corrected chi connectivity index (χ1v) is 10.9. The molecular weight excluding hydrogens is 456 g/mol. The summed E-state index contributed by atoms with van der Waals surface area (Å²) in [6, 6.07) is 20.2. The maximum absolute atomic E-state index is 13.1. The van der Waals surface area contributed by atoms with Crippen LogP contribution in [-0.4, -0.2) is 24.4 Å². The van der Waals surface area contributed by atoms with E-state index in [9.17, 15) is 14.4 Å². The molecule has 1 N–H and O–H groups in total. The summed E-state index contributed by atoms with van der Waals surface area (Å²) in [6.45, 7) is 4.12. The van der Waals surface area contributed by atoms with Crippen molar-refractivity contribution in [2.45, 2.75) is 13.8 Å². The average molecular weight is 477 g/mol. The first-order valence-electron chi connectivity index (χ1n) is 10.6. The van der Waals surface area contributed by atoms with Gasteiger partial charge in [-0.2, -0.15) is 0 Å². The molecule has 34 heavy (non-hydrogen) atoms. The Morgan fingerprint density at radius 3 is 2.29 bits per heavy atom. The molecule has 7 nitrogen and oxygen atoms in total. The zero-order chi connectivity index (χ0) is 24.2. The van der Waals surface area contributed by atoms with Gasteiger partial charge in [-0.05, 0) is 62.4 Å². The van der Waals surface area contributed by atoms with E-state index in [4.69, 9.17) is 21.1 Å². The molecule has 0 atom stereocenters. The molecule has 0 spiro atoms. The van der Waals surface area contributed by atoms with E-state index in [1.165, 1.54) is 0 Å². The van der Waals surface area contributed by atoms with Crippen molar-refractivity contribution in [2.24, 2.45) is 0 Å². The van der Waals surface area contributed by atoms with Gasteiger partial charge in [0.15, 0.2) is 0 Å². The number of para-hydroxylation sites is 2. The van der Waals surface area contributed by atoms with Crippen molar-refractivity contribution in [3.8, 4) is 11.5 Å². The Bertz CT molecular complexity index is 1280. The predicted octanol–water partition coefficient (Wildman–Crippen LogP) is 5.05. The Labute approximate surface area is 201 Å². The molecular formula is C26H21ClN2O5. The van der Waals surface area contributed by atoms with E-state index < -0.39 is 17.8 Å². The Balaban J connectivity index is 1.49. The number of nitrogens with one attached hydrogen (secondary N) is 1. The van der Waals surface area contributed by atoms with Crippen molar-refractivity contribution in [3.63, 3.8) is 0 Å². The molecule has 4 rings (SSSR count). The maximum Gasteiger partial charge on any atom is 0.343 e. The monoisotopic (exact) mass is 476 g/mol. The smallest absolute Gasteiger partial charge is 0.343 e. The summed E-state index contributed by atoms with van der Waals surface area (Å²) in [5.41, 5.74) is 2.10. The number of rotatable bonds is 7. The highest BCUT2D eigenvalue weighted by molar-refractivity contribution is 6.53. The number of halogens is 1. The Hall–Kier alpha value is -4.10. The molecule has 1 aliphatic rings. The molecule has 8 heteroatoms. The van der Waals surface area contributed by atoms with Crippen molar-refractivity contribution in [3.05, 3.63) is 94.7 Å². The van der Waals surface area contributed by atoms with Crippen molar-refractivity contribution < 1.29 is 23.9 Å². The van der Waals surface area contributed by atoms with Gasteiger partial charge in [-0.25, -0.2) is 9.69 Å². The zero-order valence-electron chi connectivity index (χ0n) is 18.5. The molecule has 0 fully saturated rings. The number of esters is 1. The normalized spacial score (nSPS) is 13.3. The quantitative estimate of drug-likeness (QED) is 0.292. The second kappa shape index (κ2) is 9.80. The number of ether oxygens (including phenoxy) is 2. The van der Waals surface area contributed by atoms with Crippen LogP contribution in [0.25, 0.3) is 0 Å². The van der Waals surface area contributed by atoms with Gasteiger partial charge in [0.2, 0.25) is 0 Å². The Morgan fingerprint density at radius 2 is 1.62 bits per heavy atom. The van der Waals surface area contributed by atoms with E-state index in [2.05, 4.69) is 5.32 Å². The highest BCUT2D eigenvalue weighted by atomic mass is 35.5. The Kier molecular flexibility index (Phi) is 6.65. The number of carbonyl (C=O) groups is 3. The minimum atomic E-state index is -0.653. The first-order chi connectivity index (χ1) is 16.4. The lowest BCUT2D eigenvalue weighted by Gasteiger charge is -2.18. The van der Waals surface area contributed by atoms with Gasteiger partial charge in [-0.1, -0.05) is 41.4 Å². The van der Waals surface area contributed by atoms with Gasteiger partial charge in [0.05, 0.1) is 17.9 Å². The van der Waals surface area contributed by atoms with Crippen LogP contribution in [0.2, 0.25) is 0 Å². The summed E-state index contributed by atoms with van der Waals surface area (Å²) in [7, 11) is 0. The van der Waals surface area contributed by atoms with Crippen LogP contribution in [0.1, 0.15) is 22.8 Å². The van der Waals surface area contributed by atoms with Gasteiger partial charge in [0.1, 0.15) is 22.2 Å². The molecule has 0 aromatic heterocycles. The minimum absolute atomic E-state index is 0.0621. The number of hydrogen-bond acceptors (Lipinski definition) is 6. The summed E-state index contributed by atoms with van der Waals surface area (Å²) in [5, 5.41) is 2.65. The number of imide groups is 1. The molecule has 172 valence electrons. The van der Waals surface area contributed by atoms with Gasteiger partial charge in [0.25, 0.3) is 11.8 Å². The number of aryl methyl sites for hydroxylation is 1. The molecule has 2 amide bonds. The third kappa shape index (κ3) is 4.65. The summed E-state index contributed by atoms with van der Waals surface area (Å²) in [5.74, 6) is -0.936. The predicted molar refractivity (Wildman–Crippen MR) is 129 cm³/mol. The highest BCUT2D eigenvalue weighted by Gasteiger charge is 2.40. The van der Waals surface area contributed by atoms with Crippen LogP contribution in [0.4, 0.5) is 11.4 Å². The molecule has 1 heterocycles. The fraction of sp³-hybridized carbons (Fsp3) is 0.115. The van der Waals surface area contributed by atoms with Crippen LogP contribution in [-0.2, 0) is 9.59 Å². The highest BCUT2D eigenvalue weighted by Crippen LogP contribution is 2.35. The summed E-state index contributed by atoms with van der Waals surface area (Å²) < 4.78 is 10.9. The second-order valence-electron chi connectivity index (χ2n) is 7.44. The molecule has 1 aliphatic heterocycles. The first kappa shape index (κ1) is 23.1. The standard InChI is InChI=1S/C26H21ClN2O5/c1-3-33-21-7-5-4-6-20(21)29-24(30)22(27)23(25(29)31)28-18-12-10-17(11-13-18)26(32)34-19-14-8-16(2)9-15-19/h4-15,28H,3H2,1-2H3. The second-order valence-corrected chi connectivity index (χ2v) is 7.82. The summed E-state index contributed by atoms with van der Waals surface area (Å²) >= 11 is 6.22. The Morgan fingerprint density at radius 1 is 0.941 bits per heavy atom. The number of benzene rings is 3. The van der Waals surface area contributed by atoms with Gasteiger partial charge in [0, 0.05) is 5.69 Å². The van der Waals surface area contributed by atoms with E-state index in [1.807, 2.05) is 26.0 Å². The molecule has 0 bridgehead atoms. The number of amides is 2. The van der Waals surface area contributed by atoms with Crippen molar-refractivity contribution in [1.82, 2.24) is 0 Å². The number of carbonyl (C=O) groups excluding carboxylic acids is 3. The van der Waals surface area contributed by atoms with Gasteiger partial charge in [-0.3, -0.25) is 9.59 Å². The van der Waals surface area contributed by atoms with Gasteiger partial charge in [-0.15, -0.1) is 0 Å². The van der Waals surface area contributed by atoms with Crippen LogP contribution < -0.4 is 19.7 Å². The SMILES string of the molecule is CCOc1ccccc1N1C(=O)C(Cl)=C(Nc2ccc(C(=O)Oc3ccc(C)cc3)cc2)C1=O. The van der Waals surface area contributed by atoms with E-state index in [0.29, 0.717) is 35.0 Å². The largest absolute Gasteiger partial charge is 0.492 e. The number of hydrogen-bond donors (Lipinski definition) is 1. The molecule has 3 aromatic carbocycles. The third-order valence-electron chi connectivity index (χ3n) is 5.05.